The van der Waals surface area contributed by atoms with Crippen molar-refractivity contribution in [1.29, 1.82) is 0 Å². The summed E-state index contributed by atoms with van der Waals surface area (Å²) in [6.07, 6.45) is 7.36. The molecule has 49 heavy (non-hydrogen) atoms. The first-order valence-electron chi connectivity index (χ1n) is 16.0. The number of aromatic nitrogens is 6. The van der Waals surface area contributed by atoms with Crippen LogP contribution in [-0.2, 0) is 0 Å². The standard InChI is InChI=1S/C35H30N10O4/c46-32-24-6-1-4-22-28(44-20-16-38-40-44)10-8-26(30(22)24)34(48)42(32)18-14-36-12-3-13-37-15-19-43-33(47)25-7-2-5-23-29(45-21-17-39-41-45)11-9-27(31(23)25)35(43)49/h1-2,4-11,16-17,20-21,36-37H,3,12-15,18-19H2. The fourth-order valence-corrected chi connectivity index (χ4v) is 6.71. The Balaban J connectivity index is 0.817. The molecule has 0 spiro atoms. The molecule has 0 unspecified atom stereocenters. The fraction of sp³-hybridized carbons (Fsp3) is 0.200. The smallest absolute Gasteiger partial charge is 0.261 e. The van der Waals surface area contributed by atoms with Gasteiger partial charge in [0.05, 0.1) is 36.2 Å². The molecule has 2 aliphatic heterocycles. The first-order valence-corrected chi connectivity index (χ1v) is 16.0. The van der Waals surface area contributed by atoms with Gasteiger partial charge in [0.2, 0.25) is 0 Å². The predicted octanol–water partition coefficient (Wildman–Crippen LogP) is 2.62. The van der Waals surface area contributed by atoms with Crippen LogP contribution in [0.25, 0.3) is 32.9 Å². The van der Waals surface area contributed by atoms with Crippen LogP contribution in [0.4, 0.5) is 0 Å². The summed E-state index contributed by atoms with van der Waals surface area (Å²) in [4.78, 5) is 56.1. The Hall–Kier alpha value is -6.12. The van der Waals surface area contributed by atoms with Crippen molar-refractivity contribution >= 4 is 45.2 Å². The van der Waals surface area contributed by atoms with Gasteiger partial charge < -0.3 is 10.6 Å². The Kier molecular flexibility index (Phi) is 7.70. The monoisotopic (exact) mass is 654 g/mol. The zero-order valence-corrected chi connectivity index (χ0v) is 26.2. The number of amides is 4. The average Bonchev–Trinajstić information content (AvgIpc) is 3.87. The second kappa shape index (κ2) is 12.5. The van der Waals surface area contributed by atoms with E-state index in [-0.39, 0.29) is 36.7 Å². The summed E-state index contributed by atoms with van der Waals surface area (Å²) in [5, 5.41) is 25.3. The highest BCUT2D eigenvalue weighted by Crippen LogP contribution is 2.34. The number of benzene rings is 4. The molecule has 0 saturated carbocycles. The summed E-state index contributed by atoms with van der Waals surface area (Å²) in [7, 11) is 0. The first-order chi connectivity index (χ1) is 24.0. The van der Waals surface area contributed by atoms with Gasteiger partial charge in [-0.25, -0.2) is 9.36 Å². The van der Waals surface area contributed by atoms with Gasteiger partial charge in [-0.1, -0.05) is 34.7 Å². The molecule has 0 saturated heterocycles. The third-order valence-electron chi connectivity index (χ3n) is 9.01. The topological polar surface area (TPSA) is 160 Å². The lowest BCUT2D eigenvalue weighted by atomic mass is 9.93. The second-order valence-corrected chi connectivity index (χ2v) is 11.8. The number of nitrogens with one attached hydrogen (secondary N) is 2. The largest absolute Gasteiger partial charge is 0.315 e. The lowest BCUT2D eigenvalue weighted by Crippen LogP contribution is -2.44. The van der Waals surface area contributed by atoms with Gasteiger partial charge >= 0.3 is 0 Å². The molecular formula is C35H30N10O4. The van der Waals surface area contributed by atoms with Crippen LogP contribution in [0.2, 0.25) is 0 Å². The van der Waals surface area contributed by atoms with Crippen LogP contribution in [0, 0.1) is 0 Å². The van der Waals surface area contributed by atoms with E-state index in [0.717, 1.165) is 28.6 Å². The molecule has 2 N–H and O–H groups in total. The number of nitrogens with zero attached hydrogens (tertiary/aromatic N) is 8. The van der Waals surface area contributed by atoms with E-state index in [0.29, 0.717) is 59.2 Å². The van der Waals surface area contributed by atoms with Crippen molar-refractivity contribution in [1.82, 2.24) is 50.4 Å². The summed E-state index contributed by atoms with van der Waals surface area (Å²) >= 11 is 0. The molecule has 14 nitrogen and oxygen atoms in total. The van der Waals surface area contributed by atoms with Gasteiger partial charge in [-0.15, -0.1) is 10.2 Å². The molecule has 0 bridgehead atoms. The first kappa shape index (κ1) is 30.2. The van der Waals surface area contributed by atoms with E-state index in [1.54, 1.807) is 58.4 Å². The number of carbonyl (C=O) groups is 4. The molecule has 8 rings (SSSR count). The fourth-order valence-electron chi connectivity index (χ4n) is 6.71. The molecule has 0 fully saturated rings. The minimum absolute atomic E-state index is 0.236. The lowest BCUT2D eigenvalue weighted by Gasteiger charge is -2.28. The minimum Gasteiger partial charge on any atom is -0.315 e. The molecule has 0 aliphatic carbocycles. The number of carbonyl (C=O) groups excluding carboxylic acids is 4. The van der Waals surface area contributed by atoms with E-state index >= 15 is 0 Å². The molecule has 0 radical (unpaired) electrons. The Morgan fingerprint density at radius 1 is 0.510 bits per heavy atom. The molecular weight excluding hydrogens is 624 g/mol. The van der Waals surface area contributed by atoms with Gasteiger partial charge in [0, 0.05) is 70.0 Å². The summed E-state index contributed by atoms with van der Waals surface area (Å²) in [6, 6.07) is 18.0. The normalized spacial score (nSPS) is 14.1. The summed E-state index contributed by atoms with van der Waals surface area (Å²) in [6.45, 7) is 2.67. The molecule has 6 aromatic rings. The Bertz CT molecular complexity index is 2060. The van der Waals surface area contributed by atoms with Crippen LogP contribution in [0.1, 0.15) is 47.9 Å². The van der Waals surface area contributed by atoms with E-state index < -0.39 is 0 Å². The van der Waals surface area contributed by atoms with E-state index in [4.69, 9.17) is 0 Å². The van der Waals surface area contributed by atoms with Crippen molar-refractivity contribution in [3.63, 3.8) is 0 Å². The quantitative estimate of drug-likeness (QED) is 0.148. The van der Waals surface area contributed by atoms with Crippen LogP contribution in [0.3, 0.4) is 0 Å². The highest BCUT2D eigenvalue weighted by Gasteiger charge is 2.34. The number of imide groups is 2. The molecule has 0 atom stereocenters. The van der Waals surface area contributed by atoms with Crippen molar-refractivity contribution in [3.05, 3.63) is 108 Å². The predicted molar refractivity (Wildman–Crippen MR) is 179 cm³/mol. The minimum atomic E-state index is -0.321. The van der Waals surface area contributed by atoms with Crippen molar-refractivity contribution in [2.45, 2.75) is 6.42 Å². The Morgan fingerprint density at radius 3 is 1.35 bits per heavy atom. The summed E-state index contributed by atoms with van der Waals surface area (Å²) in [5.41, 5.74) is 3.44. The summed E-state index contributed by atoms with van der Waals surface area (Å²) in [5.74, 6) is -1.28. The zero-order valence-electron chi connectivity index (χ0n) is 26.2. The van der Waals surface area contributed by atoms with Gasteiger partial charge in [0.1, 0.15) is 0 Å². The lowest BCUT2D eigenvalue weighted by molar-refractivity contribution is 0.0597. The van der Waals surface area contributed by atoms with Crippen molar-refractivity contribution < 1.29 is 19.2 Å². The van der Waals surface area contributed by atoms with E-state index in [1.165, 1.54) is 9.80 Å². The van der Waals surface area contributed by atoms with Gasteiger partial charge in [-0.05, 0) is 55.9 Å². The summed E-state index contributed by atoms with van der Waals surface area (Å²) < 4.78 is 3.24. The second-order valence-electron chi connectivity index (χ2n) is 11.8. The molecule has 4 amide bonds. The molecule has 14 heteroatoms. The van der Waals surface area contributed by atoms with Crippen LogP contribution in [0.15, 0.2) is 85.5 Å². The highest BCUT2D eigenvalue weighted by molar-refractivity contribution is 6.27. The molecule has 2 aliphatic rings. The van der Waals surface area contributed by atoms with Crippen molar-refractivity contribution in [3.8, 4) is 11.4 Å². The van der Waals surface area contributed by atoms with Gasteiger partial charge in [-0.3, -0.25) is 29.0 Å². The Morgan fingerprint density at radius 2 is 0.939 bits per heavy atom. The third kappa shape index (κ3) is 5.14. The van der Waals surface area contributed by atoms with Crippen molar-refractivity contribution in [2.75, 3.05) is 39.3 Å². The van der Waals surface area contributed by atoms with Gasteiger partial charge in [0.15, 0.2) is 0 Å². The van der Waals surface area contributed by atoms with E-state index in [9.17, 15) is 19.2 Å². The maximum Gasteiger partial charge on any atom is 0.261 e. The van der Waals surface area contributed by atoms with Crippen molar-refractivity contribution in [2.24, 2.45) is 0 Å². The van der Waals surface area contributed by atoms with Crippen LogP contribution >= 0.6 is 0 Å². The number of rotatable bonds is 12. The molecule has 4 aromatic carbocycles. The third-order valence-corrected chi connectivity index (χ3v) is 9.01. The van der Waals surface area contributed by atoms with Crippen LogP contribution in [0.5, 0.6) is 0 Å². The molecule has 244 valence electrons. The van der Waals surface area contributed by atoms with Crippen LogP contribution in [-0.4, -0.2) is 103 Å². The van der Waals surface area contributed by atoms with E-state index in [1.807, 2.05) is 36.4 Å². The number of hydrogen-bond donors (Lipinski definition) is 2. The zero-order chi connectivity index (χ0) is 33.5. The maximum atomic E-state index is 13.4. The number of hydrogen-bond acceptors (Lipinski definition) is 10. The average molecular weight is 655 g/mol. The van der Waals surface area contributed by atoms with E-state index in [2.05, 4.69) is 31.3 Å². The van der Waals surface area contributed by atoms with Crippen LogP contribution < -0.4 is 10.6 Å². The molecule has 2 aromatic heterocycles. The SMILES string of the molecule is O=C1c2cccc3c(-n4ccnn4)ccc(c23)C(=O)N1CCNCCCNCCN1C(=O)c2cccc3c(-n4ccnn4)ccc(c23)C1=O. The van der Waals surface area contributed by atoms with Gasteiger partial charge in [-0.2, -0.15) is 0 Å². The maximum absolute atomic E-state index is 13.4. The van der Waals surface area contributed by atoms with Gasteiger partial charge in [0.25, 0.3) is 23.6 Å². The highest BCUT2D eigenvalue weighted by atomic mass is 16.2. The Labute approximate surface area is 279 Å². The molecule has 4 heterocycles.